The maximum atomic E-state index is 12.5. The molecule has 2 aliphatic heterocycles. The number of nitrogens with one attached hydrogen (secondary N) is 1. The summed E-state index contributed by atoms with van der Waals surface area (Å²) >= 11 is 0. The number of fused-ring (bicyclic) bond motifs is 2. The van der Waals surface area contributed by atoms with Crippen molar-refractivity contribution >= 4 is 11.0 Å². The van der Waals surface area contributed by atoms with Crippen LogP contribution < -0.4 is 20.3 Å². The van der Waals surface area contributed by atoms with Crippen molar-refractivity contribution in [1.29, 1.82) is 0 Å². The van der Waals surface area contributed by atoms with Crippen LogP contribution in [-0.4, -0.2) is 57.8 Å². The Bertz CT molecular complexity index is 1190. The molecule has 0 aromatic carbocycles. The average Bonchev–Trinajstić information content (AvgIpc) is 2.83. The van der Waals surface area contributed by atoms with Crippen molar-refractivity contribution in [3.63, 3.8) is 0 Å². The van der Waals surface area contributed by atoms with Gasteiger partial charge in [0.25, 0.3) is 5.56 Å². The van der Waals surface area contributed by atoms with Crippen LogP contribution in [0, 0.1) is 6.92 Å². The molecule has 1 fully saturated rings. The number of hydrogen-bond donors (Lipinski definition) is 1. The van der Waals surface area contributed by atoms with Gasteiger partial charge in [0.05, 0.1) is 22.9 Å². The van der Waals surface area contributed by atoms with Gasteiger partial charge in [0, 0.05) is 50.0 Å². The Morgan fingerprint density at radius 3 is 2.79 bits per heavy atom. The molecule has 174 valence electrons. The van der Waals surface area contributed by atoms with E-state index in [9.17, 15) is 4.79 Å². The minimum Gasteiger partial charge on any atom is -0.486 e. The molecule has 8 nitrogen and oxygen atoms in total. The molecular formula is C25H31N5O3. The van der Waals surface area contributed by atoms with Crippen LogP contribution in [-0.2, 0) is 13.1 Å². The maximum absolute atomic E-state index is 12.5. The van der Waals surface area contributed by atoms with Gasteiger partial charge < -0.3 is 19.4 Å². The normalized spacial score (nSPS) is 20.8. The quantitative estimate of drug-likeness (QED) is 0.619. The van der Waals surface area contributed by atoms with Crippen LogP contribution in [0.5, 0.6) is 11.5 Å². The number of aryl methyl sites for hydroxylation is 1. The molecule has 0 amide bonds. The first kappa shape index (κ1) is 21.9. The van der Waals surface area contributed by atoms with Gasteiger partial charge in [-0.3, -0.25) is 19.7 Å². The van der Waals surface area contributed by atoms with Crippen LogP contribution in [0.3, 0.4) is 0 Å². The zero-order chi connectivity index (χ0) is 22.8. The molecule has 5 heterocycles. The molecule has 3 aromatic rings. The zero-order valence-corrected chi connectivity index (χ0v) is 19.3. The van der Waals surface area contributed by atoms with Gasteiger partial charge in [0.15, 0.2) is 11.5 Å². The molecule has 0 aliphatic carbocycles. The number of likely N-dealkylation sites (tertiary alicyclic amines) is 1. The van der Waals surface area contributed by atoms with Gasteiger partial charge in [-0.25, -0.2) is 0 Å². The second kappa shape index (κ2) is 9.49. The Hall–Kier alpha value is -2.97. The lowest BCUT2D eigenvalue weighted by Crippen LogP contribution is -2.48. The molecule has 0 radical (unpaired) electrons. The SMILES string of the molecule is Cc1cnc2ccc(=O)n(CCN3CCC(NCc4cc5c(cn4)OCCO5)CC3C)c2c1. The summed E-state index contributed by atoms with van der Waals surface area (Å²) in [6, 6.07) is 8.34. The summed E-state index contributed by atoms with van der Waals surface area (Å²) in [5, 5.41) is 3.66. The molecule has 3 aromatic heterocycles. The molecule has 0 bridgehead atoms. The average molecular weight is 450 g/mol. The summed E-state index contributed by atoms with van der Waals surface area (Å²) in [5.74, 6) is 1.51. The summed E-state index contributed by atoms with van der Waals surface area (Å²) in [5.41, 5.74) is 3.84. The lowest BCUT2D eigenvalue weighted by molar-refractivity contribution is 0.131. The monoisotopic (exact) mass is 449 g/mol. The van der Waals surface area contributed by atoms with Gasteiger partial charge in [-0.15, -0.1) is 0 Å². The first-order valence-corrected chi connectivity index (χ1v) is 11.7. The van der Waals surface area contributed by atoms with Crippen molar-refractivity contribution in [1.82, 2.24) is 24.8 Å². The fraction of sp³-hybridized carbons (Fsp3) is 0.480. The third-order valence-electron chi connectivity index (χ3n) is 6.66. The minimum absolute atomic E-state index is 0.0334. The smallest absolute Gasteiger partial charge is 0.251 e. The van der Waals surface area contributed by atoms with Crippen LogP contribution in [0.25, 0.3) is 11.0 Å². The summed E-state index contributed by atoms with van der Waals surface area (Å²) in [7, 11) is 0. The molecule has 0 spiro atoms. The predicted octanol–water partition coefficient (Wildman–Crippen LogP) is 2.51. The van der Waals surface area contributed by atoms with E-state index in [-0.39, 0.29) is 5.56 Å². The topological polar surface area (TPSA) is 81.5 Å². The lowest BCUT2D eigenvalue weighted by Gasteiger charge is -2.38. The van der Waals surface area contributed by atoms with Crippen LogP contribution in [0.2, 0.25) is 0 Å². The van der Waals surface area contributed by atoms with E-state index in [1.807, 2.05) is 29.8 Å². The highest BCUT2D eigenvalue weighted by atomic mass is 16.6. The summed E-state index contributed by atoms with van der Waals surface area (Å²) in [6.07, 6.45) is 5.73. The fourth-order valence-electron chi connectivity index (χ4n) is 4.80. The van der Waals surface area contributed by atoms with Crippen molar-refractivity contribution in [3.8, 4) is 11.5 Å². The molecule has 5 rings (SSSR count). The van der Waals surface area contributed by atoms with E-state index in [2.05, 4.69) is 33.2 Å². The van der Waals surface area contributed by atoms with Crippen molar-refractivity contribution in [2.45, 2.75) is 51.9 Å². The highest BCUT2D eigenvalue weighted by molar-refractivity contribution is 5.74. The zero-order valence-electron chi connectivity index (χ0n) is 19.3. The molecule has 1 saturated heterocycles. The highest BCUT2D eigenvalue weighted by Crippen LogP contribution is 2.29. The van der Waals surface area contributed by atoms with Crippen LogP contribution >= 0.6 is 0 Å². The van der Waals surface area contributed by atoms with E-state index in [0.29, 0.717) is 38.4 Å². The number of rotatable bonds is 6. The van der Waals surface area contributed by atoms with Gasteiger partial charge in [0.2, 0.25) is 0 Å². The van der Waals surface area contributed by atoms with Gasteiger partial charge in [-0.05, 0) is 50.9 Å². The van der Waals surface area contributed by atoms with Crippen molar-refractivity contribution in [2.75, 3.05) is 26.3 Å². The highest BCUT2D eigenvalue weighted by Gasteiger charge is 2.25. The van der Waals surface area contributed by atoms with Crippen molar-refractivity contribution < 1.29 is 9.47 Å². The van der Waals surface area contributed by atoms with Crippen LogP contribution in [0.4, 0.5) is 0 Å². The lowest BCUT2D eigenvalue weighted by atomic mass is 9.98. The third-order valence-corrected chi connectivity index (χ3v) is 6.66. The fourth-order valence-corrected chi connectivity index (χ4v) is 4.80. The predicted molar refractivity (Wildman–Crippen MR) is 127 cm³/mol. The summed E-state index contributed by atoms with van der Waals surface area (Å²) in [6.45, 7) is 8.68. The standard InChI is InChI=1S/C25H31N5O3/c1-17-11-22-21(28-14-17)3-4-25(31)30(22)8-7-29-6-5-19(12-18(29)2)26-15-20-13-23-24(16-27-20)33-10-9-32-23/h3-4,11,13-14,16,18-19,26H,5-10,12,15H2,1-2H3. The van der Waals surface area contributed by atoms with Crippen molar-refractivity contribution in [3.05, 3.63) is 58.3 Å². The molecule has 8 heteroatoms. The number of nitrogens with zero attached hydrogens (tertiary/aromatic N) is 4. The Morgan fingerprint density at radius 2 is 1.94 bits per heavy atom. The van der Waals surface area contributed by atoms with E-state index >= 15 is 0 Å². The Kier molecular flexibility index (Phi) is 6.28. The Balaban J connectivity index is 1.16. The number of aromatic nitrogens is 3. The molecular weight excluding hydrogens is 418 g/mol. The van der Waals surface area contributed by atoms with E-state index in [1.54, 1.807) is 12.3 Å². The van der Waals surface area contributed by atoms with Crippen molar-refractivity contribution in [2.24, 2.45) is 0 Å². The molecule has 2 unspecified atom stereocenters. The summed E-state index contributed by atoms with van der Waals surface area (Å²) in [4.78, 5) is 24.0. The first-order valence-electron chi connectivity index (χ1n) is 11.7. The Morgan fingerprint density at radius 1 is 1.09 bits per heavy atom. The largest absolute Gasteiger partial charge is 0.486 e. The number of pyridine rings is 3. The first-order chi connectivity index (χ1) is 16.1. The van der Waals surface area contributed by atoms with Gasteiger partial charge in [0.1, 0.15) is 13.2 Å². The minimum atomic E-state index is 0.0334. The van der Waals surface area contributed by atoms with Gasteiger partial charge in [-0.1, -0.05) is 0 Å². The van der Waals surface area contributed by atoms with E-state index < -0.39 is 0 Å². The van der Waals surface area contributed by atoms with Crippen LogP contribution in [0.1, 0.15) is 31.0 Å². The molecule has 1 N–H and O–H groups in total. The van der Waals surface area contributed by atoms with E-state index in [0.717, 1.165) is 59.7 Å². The van der Waals surface area contributed by atoms with E-state index in [1.165, 1.54) is 0 Å². The van der Waals surface area contributed by atoms with Gasteiger partial charge in [-0.2, -0.15) is 0 Å². The second-order valence-corrected chi connectivity index (χ2v) is 9.05. The number of hydrogen-bond acceptors (Lipinski definition) is 7. The molecule has 33 heavy (non-hydrogen) atoms. The van der Waals surface area contributed by atoms with Crippen LogP contribution in [0.15, 0.2) is 41.5 Å². The van der Waals surface area contributed by atoms with Gasteiger partial charge >= 0.3 is 0 Å². The number of piperidine rings is 1. The molecule has 2 aliphatic rings. The maximum Gasteiger partial charge on any atom is 0.251 e. The van der Waals surface area contributed by atoms with E-state index in [4.69, 9.17) is 9.47 Å². The second-order valence-electron chi connectivity index (χ2n) is 9.05. The third kappa shape index (κ3) is 4.86. The molecule has 2 atom stereocenters. The summed E-state index contributed by atoms with van der Waals surface area (Å²) < 4.78 is 13.1. The number of ether oxygens (including phenoxy) is 2. The Labute approximate surface area is 193 Å². The molecule has 0 saturated carbocycles.